The Morgan fingerprint density at radius 1 is 1.13 bits per heavy atom. The summed E-state index contributed by atoms with van der Waals surface area (Å²) in [7, 11) is 4.17. The maximum Gasteiger partial charge on any atom is 0.262 e. The van der Waals surface area contributed by atoms with Crippen LogP contribution in [0.1, 0.15) is 24.9 Å². The maximum absolute atomic E-state index is 12.8. The van der Waals surface area contributed by atoms with Crippen LogP contribution in [0.3, 0.4) is 0 Å². The zero-order valence-electron chi connectivity index (χ0n) is 17.7. The van der Waals surface area contributed by atoms with Gasteiger partial charge in [-0.05, 0) is 18.6 Å². The van der Waals surface area contributed by atoms with Crippen molar-refractivity contribution < 1.29 is 9.69 Å². The second kappa shape index (κ2) is 10.4. The van der Waals surface area contributed by atoms with Gasteiger partial charge >= 0.3 is 0 Å². The topological polar surface area (TPSA) is 68.4 Å². The Kier molecular flexibility index (Phi) is 7.65. The number of carbonyl (C=O) groups excluding carboxylic acids is 1. The van der Waals surface area contributed by atoms with Crippen LogP contribution in [0.2, 0.25) is 0 Å². The number of aromatic nitrogens is 2. The summed E-state index contributed by atoms with van der Waals surface area (Å²) in [4.78, 5) is 31.3. The van der Waals surface area contributed by atoms with Gasteiger partial charge in [0.25, 0.3) is 5.56 Å². The van der Waals surface area contributed by atoms with E-state index >= 15 is 0 Å². The van der Waals surface area contributed by atoms with Crippen LogP contribution >= 0.6 is 11.8 Å². The zero-order chi connectivity index (χ0) is 21.5. The minimum Gasteiger partial charge on any atom is -0.349 e. The van der Waals surface area contributed by atoms with Gasteiger partial charge in [0.15, 0.2) is 5.16 Å². The lowest BCUT2D eigenvalue weighted by molar-refractivity contribution is -0.890. The Morgan fingerprint density at radius 2 is 1.83 bits per heavy atom. The molecule has 0 radical (unpaired) electrons. The average Bonchev–Trinajstić information content (AvgIpc) is 2.75. The molecule has 6 nitrogen and oxygen atoms in total. The first-order chi connectivity index (χ1) is 14.5. The number of benzene rings is 2. The fraction of sp³-hybridized carbons (Fsp3) is 0.348. The van der Waals surface area contributed by atoms with E-state index in [9.17, 15) is 9.59 Å². The number of nitrogens with one attached hydrogen (secondary N) is 2. The Balaban J connectivity index is 1.69. The van der Waals surface area contributed by atoms with Gasteiger partial charge in [-0.3, -0.25) is 14.2 Å². The number of nitrogens with zero attached hydrogens (tertiary/aromatic N) is 2. The number of rotatable bonds is 9. The molecule has 0 spiro atoms. The van der Waals surface area contributed by atoms with Crippen LogP contribution in [0.15, 0.2) is 64.5 Å². The largest absolute Gasteiger partial charge is 0.349 e. The molecule has 0 saturated heterocycles. The summed E-state index contributed by atoms with van der Waals surface area (Å²) in [5.74, 6) is 0.159. The number of likely N-dealkylation sites (N-methyl/N-ethyl adjacent to an activating group) is 1. The van der Waals surface area contributed by atoms with Crippen molar-refractivity contribution >= 4 is 28.6 Å². The normalized spacial score (nSPS) is 12.3. The highest BCUT2D eigenvalue weighted by Gasteiger charge is 2.19. The van der Waals surface area contributed by atoms with Crippen molar-refractivity contribution in [3.63, 3.8) is 0 Å². The van der Waals surface area contributed by atoms with Crippen LogP contribution in [-0.2, 0) is 11.3 Å². The molecule has 0 aliphatic heterocycles. The molecule has 0 aliphatic carbocycles. The molecule has 0 saturated carbocycles. The number of fused-ring (bicyclic) bond motifs is 1. The van der Waals surface area contributed by atoms with Crippen LogP contribution in [0.25, 0.3) is 10.9 Å². The van der Waals surface area contributed by atoms with Gasteiger partial charge in [0.1, 0.15) is 6.04 Å². The van der Waals surface area contributed by atoms with E-state index in [2.05, 4.69) is 36.5 Å². The van der Waals surface area contributed by atoms with Crippen LogP contribution < -0.4 is 15.8 Å². The van der Waals surface area contributed by atoms with E-state index in [1.165, 1.54) is 22.2 Å². The lowest BCUT2D eigenvalue weighted by atomic mass is 10.1. The number of quaternary nitrogens is 1. The molecule has 30 heavy (non-hydrogen) atoms. The van der Waals surface area contributed by atoms with Crippen molar-refractivity contribution in [2.45, 2.75) is 31.1 Å². The fourth-order valence-corrected chi connectivity index (χ4v) is 4.27. The monoisotopic (exact) mass is 425 g/mol. The molecule has 0 unspecified atom stereocenters. The van der Waals surface area contributed by atoms with Gasteiger partial charge in [0, 0.05) is 12.1 Å². The molecule has 7 heteroatoms. The molecule has 1 amide bonds. The van der Waals surface area contributed by atoms with Gasteiger partial charge in [-0.2, -0.15) is 0 Å². The van der Waals surface area contributed by atoms with Crippen molar-refractivity contribution in [3.05, 3.63) is 70.5 Å². The first-order valence-electron chi connectivity index (χ1n) is 10.2. The SMILES string of the molecule is CCCn1c(SCC(=O)NC[C@@H](c2ccccc2)[NH+](C)C)nc2ccccc2c1=O. The third-order valence-corrected chi connectivity index (χ3v) is 5.98. The summed E-state index contributed by atoms with van der Waals surface area (Å²) >= 11 is 1.31. The molecule has 0 aliphatic rings. The number of para-hydroxylation sites is 1. The molecule has 2 N–H and O–H groups in total. The second-order valence-electron chi connectivity index (χ2n) is 7.50. The molecule has 158 valence electrons. The average molecular weight is 426 g/mol. The Hall–Kier alpha value is -2.64. The molecule has 3 rings (SSSR count). The smallest absolute Gasteiger partial charge is 0.262 e. The van der Waals surface area contributed by atoms with Crippen LogP contribution in [0, 0.1) is 0 Å². The fourth-order valence-electron chi connectivity index (χ4n) is 3.42. The Labute approximate surface area is 181 Å². The molecule has 1 heterocycles. The van der Waals surface area contributed by atoms with E-state index in [0.29, 0.717) is 29.1 Å². The van der Waals surface area contributed by atoms with Gasteiger partial charge < -0.3 is 10.2 Å². The van der Waals surface area contributed by atoms with E-state index in [4.69, 9.17) is 0 Å². The lowest BCUT2D eigenvalue weighted by Crippen LogP contribution is -3.07. The Morgan fingerprint density at radius 3 is 2.53 bits per heavy atom. The third kappa shape index (κ3) is 5.29. The van der Waals surface area contributed by atoms with E-state index in [1.807, 2.05) is 43.3 Å². The zero-order valence-corrected chi connectivity index (χ0v) is 18.5. The van der Waals surface area contributed by atoms with Gasteiger partial charge in [-0.25, -0.2) is 4.98 Å². The molecular formula is C23H29N4O2S+. The summed E-state index contributed by atoms with van der Waals surface area (Å²) in [5.41, 5.74) is 1.81. The summed E-state index contributed by atoms with van der Waals surface area (Å²) in [5, 5.41) is 4.24. The van der Waals surface area contributed by atoms with Crippen LogP contribution in [-0.4, -0.2) is 41.9 Å². The second-order valence-corrected chi connectivity index (χ2v) is 8.44. The van der Waals surface area contributed by atoms with E-state index < -0.39 is 0 Å². The van der Waals surface area contributed by atoms with Gasteiger partial charge in [-0.1, -0.05) is 61.2 Å². The van der Waals surface area contributed by atoms with Gasteiger partial charge in [0.2, 0.25) is 5.91 Å². The summed E-state index contributed by atoms with van der Waals surface area (Å²) < 4.78 is 1.68. The number of hydrogen-bond donors (Lipinski definition) is 2. The quantitative estimate of drug-likeness (QED) is 0.406. The van der Waals surface area contributed by atoms with E-state index in [0.717, 1.165) is 6.42 Å². The highest BCUT2D eigenvalue weighted by atomic mass is 32.2. The first-order valence-corrected chi connectivity index (χ1v) is 11.2. The van der Waals surface area contributed by atoms with Crippen molar-refractivity contribution in [1.29, 1.82) is 0 Å². The Bertz CT molecular complexity index is 1050. The molecule has 0 fully saturated rings. The lowest BCUT2D eigenvalue weighted by Gasteiger charge is -2.22. The molecule has 0 bridgehead atoms. The molecular weight excluding hydrogens is 396 g/mol. The molecule has 1 aromatic heterocycles. The van der Waals surface area contributed by atoms with Gasteiger partial charge in [0.05, 0.1) is 37.3 Å². The highest BCUT2D eigenvalue weighted by Crippen LogP contribution is 2.18. The summed E-state index contributed by atoms with van der Waals surface area (Å²) in [6.07, 6.45) is 0.823. The van der Waals surface area contributed by atoms with Crippen molar-refractivity contribution in [2.24, 2.45) is 0 Å². The predicted molar refractivity (Wildman–Crippen MR) is 122 cm³/mol. The number of carbonyl (C=O) groups is 1. The third-order valence-electron chi connectivity index (χ3n) is 5.01. The van der Waals surface area contributed by atoms with Crippen molar-refractivity contribution in [2.75, 3.05) is 26.4 Å². The minimum absolute atomic E-state index is 0.0503. The summed E-state index contributed by atoms with van der Waals surface area (Å²) in [6.45, 7) is 3.16. The minimum atomic E-state index is -0.0624. The first kappa shape index (κ1) is 22.1. The molecule has 2 aromatic carbocycles. The predicted octanol–water partition coefficient (Wildman–Crippen LogP) is 1.90. The van der Waals surface area contributed by atoms with Crippen LogP contribution in [0.4, 0.5) is 0 Å². The molecule has 1 atom stereocenters. The molecule has 3 aromatic rings. The number of thioether (sulfide) groups is 1. The number of hydrogen-bond acceptors (Lipinski definition) is 4. The van der Waals surface area contributed by atoms with Crippen molar-refractivity contribution in [1.82, 2.24) is 14.9 Å². The highest BCUT2D eigenvalue weighted by molar-refractivity contribution is 7.99. The van der Waals surface area contributed by atoms with E-state index in [1.54, 1.807) is 10.6 Å². The standard InChI is InChI=1S/C23H28N4O2S/c1-4-14-27-22(29)18-12-8-9-13-19(18)25-23(27)30-16-21(28)24-15-20(26(2)3)17-10-6-5-7-11-17/h5-13,20H,4,14-16H2,1-3H3,(H,24,28)/p+1/t20-/m0/s1. The summed E-state index contributed by atoms with van der Waals surface area (Å²) in [6, 6.07) is 17.7. The van der Waals surface area contributed by atoms with Crippen molar-refractivity contribution in [3.8, 4) is 0 Å². The number of amides is 1. The van der Waals surface area contributed by atoms with Gasteiger partial charge in [-0.15, -0.1) is 0 Å². The van der Waals surface area contributed by atoms with Crippen LogP contribution in [0.5, 0.6) is 0 Å². The maximum atomic E-state index is 12.8. The van der Waals surface area contributed by atoms with E-state index in [-0.39, 0.29) is 23.3 Å².